The summed E-state index contributed by atoms with van der Waals surface area (Å²) in [5.41, 5.74) is 0.151. The highest BCUT2D eigenvalue weighted by Crippen LogP contribution is 2.36. The molecule has 1 aromatic heterocycles. The van der Waals surface area contributed by atoms with Gasteiger partial charge in [0.1, 0.15) is 5.60 Å². The number of rotatable bonds is 4. The molecule has 2 amide bonds. The van der Waals surface area contributed by atoms with Crippen molar-refractivity contribution in [3.05, 3.63) is 24.0 Å². The van der Waals surface area contributed by atoms with E-state index in [9.17, 15) is 9.59 Å². The number of pyridine rings is 1. The first-order chi connectivity index (χ1) is 14.8. The van der Waals surface area contributed by atoms with Crippen LogP contribution in [0.4, 0.5) is 4.79 Å². The van der Waals surface area contributed by atoms with Crippen molar-refractivity contribution in [1.29, 1.82) is 0 Å². The van der Waals surface area contributed by atoms with Crippen molar-refractivity contribution in [2.24, 2.45) is 0 Å². The molecule has 8 nitrogen and oxygen atoms in total. The van der Waals surface area contributed by atoms with Crippen molar-refractivity contribution in [3.63, 3.8) is 0 Å². The Balaban J connectivity index is 1.54. The molecule has 0 spiro atoms. The van der Waals surface area contributed by atoms with Crippen LogP contribution in [0.2, 0.25) is 0 Å². The molecule has 1 atom stereocenters. The molecule has 3 rings (SSSR count). The van der Waals surface area contributed by atoms with Gasteiger partial charge in [-0.25, -0.2) is 4.79 Å². The maximum Gasteiger partial charge on any atom is 0.496 e. The Morgan fingerprint density at radius 2 is 1.88 bits per heavy atom. The van der Waals surface area contributed by atoms with Gasteiger partial charge >= 0.3 is 13.2 Å². The summed E-state index contributed by atoms with van der Waals surface area (Å²) in [5.74, 6) is -0.00317. The number of hydrogen-bond donors (Lipinski definition) is 1. The lowest BCUT2D eigenvalue weighted by Crippen LogP contribution is -2.50. The second-order valence-corrected chi connectivity index (χ2v) is 10.7. The van der Waals surface area contributed by atoms with Crippen LogP contribution in [0.1, 0.15) is 67.0 Å². The summed E-state index contributed by atoms with van der Waals surface area (Å²) in [4.78, 5) is 31.1. The lowest BCUT2D eigenvalue weighted by atomic mass is 9.80. The minimum absolute atomic E-state index is 0.00317. The highest BCUT2D eigenvalue weighted by atomic mass is 16.7. The maximum absolute atomic E-state index is 12.8. The van der Waals surface area contributed by atoms with Crippen molar-refractivity contribution < 1.29 is 23.6 Å². The molecular weight excluding hydrogens is 409 g/mol. The molecule has 2 fully saturated rings. The average molecular weight is 445 g/mol. The Kier molecular flexibility index (Phi) is 6.91. The minimum Gasteiger partial charge on any atom is -0.444 e. The summed E-state index contributed by atoms with van der Waals surface area (Å²) in [7, 11) is -0.473. The van der Waals surface area contributed by atoms with E-state index in [2.05, 4.69) is 10.3 Å². The molecular formula is C23H36BN3O5. The molecule has 32 heavy (non-hydrogen) atoms. The molecule has 2 aliphatic heterocycles. The first-order valence-electron chi connectivity index (χ1n) is 11.3. The van der Waals surface area contributed by atoms with E-state index in [0.29, 0.717) is 18.8 Å². The van der Waals surface area contributed by atoms with Crippen LogP contribution in [0.15, 0.2) is 18.3 Å². The van der Waals surface area contributed by atoms with Gasteiger partial charge in [-0.2, -0.15) is 0 Å². The number of aromatic nitrogens is 1. The van der Waals surface area contributed by atoms with Crippen molar-refractivity contribution >= 4 is 24.6 Å². The summed E-state index contributed by atoms with van der Waals surface area (Å²) in [6.45, 7) is 14.7. The Morgan fingerprint density at radius 1 is 1.22 bits per heavy atom. The molecule has 1 aromatic rings. The van der Waals surface area contributed by atoms with E-state index in [1.165, 1.54) is 0 Å². The van der Waals surface area contributed by atoms with Gasteiger partial charge in [-0.05, 0) is 67.4 Å². The highest BCUT2D eigenvalue weighted by molar-refractivity contribution is 6.62. The predicted octanol–water partition coefficient (Wildman–Crippen LogP) is 2.44. The van der Waals surface area contributed by atoms with E-state index in [1.54, 1.807) is 11.1 Å². The Labute approximate surface area is 191 Å². The molecule has 0 radical (unpaired) electrons. The van der Waals surface area contributed by atoms with Crippen molar-refractivity contribution in [3.8, 4) is 0 Å². The van der Waals surface area contributed by atoms with Crippen LogP contribution < -0.4 is 10.8 Å². The normalized spacial score (nSPS) is 22.5. The summed E-state index contributed by atoms with van der Waals surface area (Å²) in [5, 5.41) is 2.88. The van der Waals surface area contributed by atoms with Gasteiger partial charge in [0.15, 0.2) is 0 Å². The molecule has 9 heteroatoms. The number of amides is 2. The van der Waals surface area contributed by atoms with Crippen LogP contribution in [-0.4, -0.2) is 64.9 Å². The van der Waals surface area contributed by atoms with E-state index in [4.69, 9.17) is 14.0 Å². The third-order valence-corrected chi connectivity index (χ3v) is 6.20. The van der Waals surface area contributed by atoms with E-state index in [0.717, 1.165) is 18.3 Å². The van der Waals surface area contributed by atoms with Gasteiger partial charge in [-0.3, -0.25) is 9.78 Å². The van der Waals surface area contributed by atoms with Crippen LogP contribution in [0.25, 0.3) is 0 Å². The fourth-order valence-corrected chi connectivity index (χ4v) is 3.72. The zero-order valence-electron chi connectivity index (χ0n) is 20.4. The monoisotopic (exact) mass is 445 g/mol. The molecule has 0 aromatic carbocycles. The van der Waals surface area contributed by atoms with Gasteiger partial charge in [-0.15, -0.1) is 0 Å². The number of nitrogens with one attached hydrogen (secondary N) is 1. The van der Waals surface area contributed by atoms with Gasteiger partial charge in [0, 0.05) is 36.5 Å². The second-order valence-electron chi connectivity index (χ2n) is 10.7. The van der Waals surface area contributed by atoms with Crippen molar-refractivity contribution in [2.45, 2.75) is 90.6 Å². The lowest BCUT2D eigenvalue weighted by Gasteiger charge is -2.33. The van der Waals surface area contributed by atoms with E-state index in [-0.39, 0.29) is 18.4 Å². The number of likely N-dealkylation sites (tertiary alicyclic amines) is 1. The molecule has 1 unspecified atom stereocenters. The fraction of sp³-hybridized carbons (Fsp3) is 0.696. The van der Waals surface area contributed by atoms with Gasteiger partial charge < -0.3 is 24.3 Å². The Morgan fingerprint density at radius 3 is 2.44 bits per heavy atom. The van der Waals surface area contributed by atoms with Crippen LogP contribution in [0.3, 0.4) is 0 Å². The first-order valence-corrected chi connectivity index (χ1v) is 11.3. The van der Waals surface area contributed by atoms with Gasteiger partial charge in [0.25, 0.3) is 0 Å². The molecule has 3 heterocycles. The predicted molar refractivity (Wildman–Crippen MR) is 123 cm³/mol. The zero-order valence-corrected chi connectivity index (χ0v) is 20.4. The first kappa shape index (κ1) is 24.5. The number of piperidine rings is 1. The summed E-state index contributed by atoms with van der Waals surface area (Å²) in [6, 6.07) is 3.64. The lowest BCUT2D eigenvalue weighted by molar-refractivity contribution is -0.131. The number of carbonyl (C=O) groups is 2. The van der Waals surface area contributed by atoms with Crippen LogP contribution in [-0.2, 0) is 25.3 Å². The molecule has 0 saturated carbocycles. The third-order valence-electron chi connectivity index (χ3n) is 6.20. The molecule has 176 valence electrons. The van der Waals surface area contributed by atoms with Crippen molar-refractivity contribution in [1.82, 2.24) is 15.2 Å². The summed E-state index contributed by atoms with van der Waals surface area (Å²) in [6.07, 6.45) is 3.14. The number of ether oxygens (including phenoxy) is 1. The molecule has 2 aliphatic rings. The highest BCUT2D eigenvalue weighted by Gasteiger charge is 2.51. The summed E-state index contributed by atoms with van der Waals surface area (Å²) < 4.78 is 17.4. The fourth-order valence-electron chi connectivity index (χ4n) is 3.72. The minimum atomic E-state index is -0.549. The Hall–Kier alpha value is -2.13. The Bertz CT molecular complexity index is 819. The number of nitrogens with zero attached hydrogens (tertiary/aromatic N) is 2. The topological polar surface area (TPSA) is 90.0 Å². The molecule has 0 aliphatic carbocycles. The van der Waals surface area contributed by atoms with Gasteiger partial charge in [0.2, 0.25) is 5.91 Å². The van der Waals surface area contributed by atoms with Gasteiger partial charge in [0.05, 0.1) is 17.6 Å². The smallest absolute Gasteiger partial charge is 0.444 e. The van der Waals surface area contributed by atoms with Crippen LogP contribution in [0, 0.1) is 0 Å². The van der Waals surface area contributed by atoms with Crippen LogP contribution in [0.5, 0.6) is 0 Å². The standard InChI is InChI=1S/C23H36BN3O5/c1-21(2,3)30-20(29)26-18-9-8-12-27(15-18)19(28)13-17-11-10-16(14-25-17)24-31-22(4,5)23(6,7)32-24/h10-11,14,18H,8-9,12-13,15H2,1-7H3,(H,26,29). The quantitative estimate of drug-likeness (QED) is 0.717. The second kappa shape index (κ2) is 9.02. The van der Waals surface area contributed by atoms with E-state index >= 15 is 0 Å². The SMILES string of the molecule is CC(C)(C)OC(=O)NC1CCCN(C(=O)Cc2ccc(B3OC(C)(C)C(C)(C)O3)cn2)C1. The summed E-state index contributed by atoms with van der Waals surface area (Å²) >= 11 is 0. The van der Waals surface area contributed by atoms with Crippen molar-refractivity contribution in [2.75, 3.05) is 13.1 Å². The number of alkyl carbamates (subject to hydrolysis) is 1. The number of hydrogen-bond acceptors (Lipinski definition) is 6. The van der Waals surface area contributed by atoms with E-state index in [1.807, 2.05) is 60.6 Å². The largest absolute Gasteiger partial charge is 0.496 e. The maximum atomic E-state index is 12.8. The number of carbonyl (C=O) groups excluding carboxylic acids is 2. The van der Waals surface area contributed by atoms with Gasteiger partial charge in [-0.1, -0.05) is 6.07 Å². The molecule has 1 N–H and O–H groups in total. The average Bonchev–Trinajstić information content (AvgIpc) is 2.88. The van der Waals surface area contributed by atoms with E-state index < -0.39 is 30.0 Å². The van der Waals surface area contributed by atoms with Crippen LogP contribution >= 0.6 is 0 Å². The zero-order chi connectivity index (χ0) is 23.7. The molecule has 2 saturated heterocycles. The third kappa shape index (κ3) is 6.01. The molecule has 0 bridgehead atoms.